The Morgan fingerprint density at radius 1 is 1.00 bits per heavy atom. The van der Waals surface area contributed by atoms with Crippen molar-refractivity contribution in [2.45, 2.75) is 4.90 Å². The zero-order valence-corrected chi connectivity index (χ0v) is 16.1. The van der Waals surface area contributed by atoms with Crippen molar-refractivity contribution in [1.82, 2.24) is 4.83 Å². The molecule has 0 aliphatic rings. The number of sulfonamides is 1. The van der Waals surface area contributed by atoms with Crippen LogP contribution in [0.15, 0.2) is 70.7 Å². The number of hydrogen-bond donors (Lipinski definition) is 1. The van der Waals surface area contributed by atoms with Crippen molar-refractivity contribution < 1.29 is 13.3 Å². The second-order valence-electron chi connectivity index (χ2n) is 6.22. The summed E-state index contributed by atoms with van der Waals surface area (Å²) >= 11 is 0. The van der Waals surface area contributed by atoms with E-state index in [1.807, 2.05) is 31.1 Å². The molecule has 9 heteroatoms. The summed E-state index contributed by atoms with van der Waals surface area (Å²) < 4.78 is 25.5. The van der Waals surface area contributed by atoms with Crippen molar-refractivity contribution in [2.75, 3.05) is 19.0 Å². The van der Waals surface area contributed by atoms with E-state index < -0.39 is 14.9 Å². The van der Waals surface area contributed by atoms with Crippen LogP contribution in [0, 0.1) is 10.1 Å². The molecule has 0 fully saturated rings. The van der Waals surface area contributed by atoms with Crippen LogP contribution in [0.3, 0.4) is 0 Å². The first kappa shape index (κ1) is 19.3. The van der Waals surface area contributed by atoms with Gasteiger partial charge in [0.2, 0.25) is 0 Å². The van der Waals surface area contributed by atoms with Crippen LogP contribution in [0.4, 0.5) is 11.4 Å². The van der Waals surface area contributed by atoms with Crippen LogP contribution in [0.25, 0.3) is 10.8 Å². The lowest BCUT2D eigenvalue weighted by atomic mass is 10.1. The summed E-state index contributed by atoms with van der Waals surface area (Å²) in [5.74, 6) is 0. The number of benzene rings is 3. The quantitative estimate of drug-likeness (QED) is 0.390. The van der Waals surface area contributed by atoms with Crippen molar-refractivity contribution in [3.8, 4) is 0 Å². The van der Waals surface area contributed by atoms with Gasteiger partial charge in [0.05, 0.1) is 16.0 Å². The van der Waals surface area contributed by atoms with Gasteiger partial charge in [-0.25, -0.2) is 4.83 Å². The molecule has 3 rings (SSSR count). The highest BCUT2D eigenvalue weighted by Gasteiger charge is 2.17. The lowest BCUT2D eigenvalue weighted by molar-refractivity contribution is -0.384. The third-order valence-corrected chi connectivity index (χ3v) is 5.40. The summed E-state index contributed by atoms with van der Waals surface area (Å²) in [6.07, 6.45) is 1.29. The van der Waals surface area contributed by atoms with Gasteiger partial charge in [-0.05, 0) is 29.8 Å². The smallest absolute Gasteiger partial charge is 0.277 e. The molecule has 8 nitrogen and oxygen atoms in total. The number of hydrogen-bond acceptors (Lipinski definition) is 6. The molecule has 0 aliphatic heterocycles. The Morgan fingerprint density at radius 2 is 1.64 bits per heavy atom. The van der Waals surface area contributed by atoms with Crippen LogP contribution in [-0.2, 0) is 10.0 Å². The Balaban J connectivity index is 1.89. The highest BCUT2D eigenvalue weighted by atomic mass is 32.2. The van der Waals surface area contributed by atoms with Gasteiger partial charge < -0.3 is 4.90 Å². The average Bonchev–Trinajstić information content (AvgIpc) is 2.67. The molecule has 28 heavy (non-hydrogen) atoms. The molecule has 0 spiro atoms. The number of rotatable bonds is 6. The Kier molecular flexibility index (Phi) is 5.27. The van der Waals surface area contributed by atoms with E-state index in [2.05, 4.69) is 9.93 Å². The highest BCUT2D eigenvalue weighted by molar-refractivity contribution is 7.89. The van der Waals surface area contributed by atoms with E-state index in [0.29, 0.717) is 10.9 Å². The standard InChI is InChI=1S/C19H18N4O4S/c1-22(2)18-7-3-6-17-16(18)5-4-8-19(17)28(26,27)21-20-13-14-9-11-15(12-10-14)23(24)25/h3-13,21H,1-2H3/b20-13+. The maximum atomic E-state index is 12.7. The number of fused-ring (bicyclic) bond motifs is 1. The van der Waals surface area contributed by atoms with Crippen molar-refractivity contribution >= 4 is 38.4 Å². The lowest BCUT2D eigenvalue weighted by Crippen LogP contribution is -2.19. The minimum absolute atomic E-state index is 0.0508. The van der Waals surface area contributed by atoms with E-state index in [-0.39, 0.29) is 10.6 Å². The second-order valence-corrected chi connectivity index (χ2v) is 7.85. The largest absolute Gasteiger partial charge is 0.377 e. The van der Waals surface area contributed by atoms with Gasteiger partial charge in [0.15, 0.2) is 0 Å². The zero-order valence-electron chi connectivity index (χ0n) is 15.2. The number of nitro groups is 1. The Labute approximate surface area is 162 Å². The van der Waals surface area contributed by atoms with Gasteiger partial charge in [-0.2, -0.15) is 13.5 Å². The van der Waals surface area contributed by atoms with Gasteiger partial charge in [0.1, 0.15) is 0 Å². The molecule has 1 N–H and O–H groups in total. The molecule has 0 heterocycles. The summed E-state index contributed by atoms with van der Waals surface area (Å²) in [4.78, 5) is 14.4. The summed E-state index contributed by atoms with van der Waals surface area (Å²) in [7, 11) is -0.113. The molecule has 3 aromatic carbocycles. The third kappa shape index (κ3) is 3.94. The van der Waals surface area contributed by atoms with E-state index in [1.165, 1.54) is 36.5 Å². The Bertz CT molecular complexity index is 1160. The van der Waals surface area contributed by atoms with Crippen molar-refractivity contribution in [1.29, 1.82) is 0 Å². The molecule has 144 valence electrons. The van der Waals surface area contributed by atoms with Gasteiger partial charge in [-0.3, -0.25) is 10.1 Å². The number of nitrogens with zero attached hydrogens (tertiary/aromatic N) is 3. The number of non-ortho nitro benzene ring substituents is 1. The van der Waals surface area contributed by atoms with E-state index >= 15 is 0 Å². The maximum absolute atomic E-state index is 12.7. The number of nitrogens with one attached hydrogen (secondary N) is 1. The molecule has 0 radical (unpaired) electrons. The molecule has 0 saturated carbocycles. The molecule has 0 bridgehead atoms. The minimum Gasteiger partial charge on any atom is -0.377 e. The first-order valence-electron chi connectivity index (χ1n) is 8.28. The summed E-state index contributed by atoms with van der Waals surface area (Å²) in [5, 5.41) is 15.9. The SMILES string of the molecule is CN(C)c1cccc2c(S(=O)(=O)N/N=C/c3ccc([N+](=O)[O-])cc3)cccc12. The molecule has 0 atom stereocenters. The Hall–Kier alpha value is -3.46. The predicted octanol–water partition coefficient (Wildman–Crippen LogP) is 3.13. The van der Waals surface area contributed by atoms with Crippen LogP contribution < -0.4 is 9.73 Å². The van der Waals surface area contributed by atoms with Crippen molar-refractivity contribution in [3.63, 3.8) is 0 Å². The fraction of sp³-hybridized carbons (Fsp3) is 0.105. The fourth-order valence-corrected chi connectivity index (χ4v) is 3.81. The second kappa shape index (κ2) is 7.65. The predicted molar refractivity (Wildman–Crippen MR) is 109 cm³/mol. The van der Waals surface area contributed by atoms with Gasteiger partial charge in [0, 0.05) is 42.7 Å². The van der Waals surface area contributed by atoms with Crippen molar-refractivity contribution in [3.05, 3.63) is 76.3 Å². The average molecular weight is 398 g/mol. The fourth-order valence-electron chi connectivity index (χ4n) is 2.79. The number of nitro benzene ring substituents is 1. The first-order valence-corrected chi connectivity index (χ1v) is 9.76. The summed E-state index contributed by atoms with van der Waals surface area (Å²) in [5.41, 5.74) is 1.38. The van der Waals surface area contributed by atoms with Gasteiger partial charge in [-0.1, -0.05) is 24.3 Å². The monoisotopic (exact) mass is 398 g/mol. The van der Waals surface area contributed by atoms with Crippen LogP contribution in [0.2, 0.25) is 0 Å². The molecule has 0 unspecified atom stereocenters. The van der Waals surface area contributed by atoms with Crippen LogP contribution in [0.5, 0.6) is 0 Å². The summed E-state index contributed by atoms with van der Waals surface area (Å²) in [6, 6.07) is 16.1. The molecular formula is C19H18N4O4S. The molecule has 0 aliphatic carbocycles. The van der Waals surface area contributed by atoms with E-state index in [0.717, 1.165) is 11.1 Å². The third-order valence-electron chi connectivity index (χ3n) is 4.12. The first-order chi connectivity index (χ1) is 13.3. The van der Waals surface area contributed by atoms with Crippen LogP contribution >= 0.6 is 0 Å². The van der Waals surface area contributed by atoms with Gasteiger partial charge in [0.25, 0.3) is 15.7 Å². The molecule has 0 amide bonds. The van der Waals surface area contributed by atoms with E-state index in [4.69, 9.17) is 0 Å². The van der Waals surface area contributed by atoms with Gasteiger partial charge >= 0.3 is 0 Å². The van der Waals surface area contributed by atoms with Crippen molar-refractivity contribution in [2.24, 2.45) is 5.10 Å². The number of anilines is 1. The molecular weight excluding hydrogens is 380 g/mol. The van der Waals surface area contributed by atoms with Crippen LogP contribution in [0.1, 0.15) is 5.56 Å². The topological polar surface area (TPSA) is 105 Å². The highest BCUT2D eigenvalue weighted by Crippen LogP contribution is 2.30. The lowest BCUT2D eigenvalue weighted by Gasteiger charge is -2.16. The Morgan fingerprint density at radius 3 is 2.29 bits per heavy atom. The van der Waals surface area contributed by atoms with Crippen LogP contribution in [-0.4, -0.2) is 33.7 Å². The summed E-state index contributed by atoms with van der Waals surface area (Å²) in [6.45, 7) is 0. The van der Waals surface area contributed by atoms with E-state index in [9.17, 15) is 18.5 Å². The van der Waals surface area contributed by atoms with Gasteiger partial charge in [-0.15, -0.1) is 0 Å². The maximum Gasteiger partial charge on any atom is 0.277 e. The minimum atomic E-state index is -3.90. The number of hydrazone groups is 1. The zero-order chi connectivity index (χ0) is 20.3. The molecule has 3 aromatic rings. The normalized spacial score (nSPS) is 11.6. The molecule has 0 saturated heterocycles. The van der Waals surface area contributed by atoms with E-state index in [1.54, 1.807) is 18.2 Å². The molecule has 0 aromatic heterocycles.